The summed E-state index contributed by atoms with van der Waals surface area (Å²) in [7, 11) is 0. The number of rotatable bonds is 11. The second-order valence-corrected chi connectivity index (χ2v) is 7.43. The van der Waals surface area contributed by atoms with Gasteiger partial charge in [-0.1, -0.05) is 55.3 Å². The zero-order valence-corrected chi connectivity index (χ0v) is 17.0. The topological polar surface area (TPSA) is 27.0 Å². The summed E-state index contributed by atoms with van der Waals surface area (Å²) in [6, 6.07) is 13.0. The predicted octanol–water partition coefficient (Wildman–Crippen LogP) is 6.08. The number of hydrogen-bond donors (Lipinski definition) is 0. The summed E-state index contributed by atoms with van der Waals surface area (Å²) in [6.07, 6.45) is 7.63. The fourth-order valence-corrected chi connectivity index (χ4v) is 3.66. The molecule has 0 aliphatic carbocycles. The molecule has 0 spiro atoms. The van der Waals surface area contributed by atoms with E-state index in [4.69, 9.17) is 0 Å². The van der Waals surface area contributed by atoms with Crippen molar-refractivity contribution in [1.82, 2.24) is 4.90 Å². The maximum absolute atomic E-state index is 9.38. The molecule has 0 amide bonds. The van der Waals surface area contributed by atoms with Crippen LogP contribution in [0.4, 0.5) is 0 Å². The molecule has 0 heterocycles. The van der Waals surface area contributed by atoms with Crippen molar-refractivity contribution in [2.75, 3.05) is 18.8 Å². The Bertz CT molecular complexity index is 580. The summed E-state index contributed by atoms with van der Waals surface area (Å²) >= 11 is 1.87. The van der Waals surface area contributed by atoms with E-state index in [1.54, 1.807) is 0 Å². The second kappa shape index (κ2) is 12.8. The summed E-state index contributed by atoms with van der Waals surface area (Å²) in [5.74, 6) is 1.02. The predicted molar refractivity (Wildman–Crippen MR) is 111 cm³/mol. The van der Waals surface area contributed by atoms with Gasteiger partial charge in [-0.2, -0.15) is 5.26 Å². The van der Waals surface area contributed by atoms with E-state index in [1.807, 2.05) is 11.8 Å². The normalized spacial score (nSPS) is 13.8. The van der Waals surface area contributed by atoms with Crippen LogP contribution in [0.3, 0.4) is 0 Å². The first-order valence-electron chi connectivity index (χ1n) is 9.23. The van der Waals surface area contributed by atoms with Gasteiger partial charge in [0.2, 0.25) is 0 Å². The van der Waals surface area contributed by atoms with E-state index >= 15 is 0 Å². The fraction of sp³-hybridized carbons (Fsp3) is 0.500. The van der Waals surface area contributed by atoms with E-state index in [0.29, 0.717) is 0 Å². The van der Waals surface area contributed by atoms with Crippen molar-refractivity contribution in [3.05, 3.63) is 53.6 Å². The first-order valence-corrected chi connectivity index (χ1v) is 10.2. The highest BCUT2D eigenvalue weighted by Gasteiger charge is 2.14. The molecular weight excluding hydrogens is 324 g/mol. The Kier molecular flexibility index (Phi) is 11.0. The summed E-state index contributed by atoms with van der Waals surface area (Å²) < 4.78 is 0. The average Bonchev–Trinajstić information content (AvgIpc) is 2.62. The van der Waals surface area contributed by atoms with Crippen molar-refractivity contribution in [1.29, 1.82) is 5.26 Å². The summed E-state index contributed by atoms with van der Waals surface area (Å²) in [6.45, 7) is 10.5. The average molecular weight is 357 g/mol. The zero-order chi connectivity index (χ0) is 18.5. The Morgan fingerprint density at radius 1 is 1.12 bits per heavy atom. The van der Waals surface area contributed by atoms with Crippen molar-refractivity contribution in [2.45, 2.75) is 57.9 Å². The maximum atomic E-state index is 9.38. The summed E-state index contributed by atoms with van der Waals surface area (Å²) in [5.41, 5.74) is 2.76. The van der Waals surface area contributed by atoms with Gasteiger partial charge in [0, 0.05) is 10.6 Å². The minimum absolute atomic E-state index is 0.00478. The minimum Gasteiger partial charge on any atom is -0.288 e. The Labute approximate surface area is 158 Å². The molecule has 1 unspecified atom stereocenters. The smallest absolute Gasteiger partial charge is 0.101 e. The van der Waals surface area contributed by atoms with E-state index in [9.17, 15) is 5.26 Å². The van der Waals surface area contributed by atoms with Crippen molar-refractivity contribution in [3.63, 3.8) is 0 Å². The molecule has 2 nitrogen and oxygen atoms in total. The van der Waals surface area contributed by atoms with Crippen LogP contribution in [0.2, 0.25) is 0 Å². The lowest BCUT2D eigenvalue weighted by Crippen LogP contribution is -2.34. The molecule has 0 aliphatic rings. The lowest BCUT2D eigenvalue weighted by atomic mass is 10.0. The minimum atomic E-state index is 0.00478. The van der Waals surface area contributed by atoms with Crippen LogP contribution in [0, 0.1) is 11.3 Å². The van der Waals surface area contributed by atoms with Crippen LogP contribution in [0.1, 0.15) is 47.0 Å². The van der Waals surface area contributed by atoms with Gasteiger partial charge in [0.15, 0.2) is 0 Å². The molecular formula is C22H32N2S. The van der Waals surface area contributed by atoms with E-state index in [2.05, 4.69) is 81.1 Å². The first kappa shape index (κ1) is 21.5. The van der Waals surface area contributed by atoms with Crippen molar-refractivity contribution in [3.8, 4) is 6.07 Å². The molecule has 0 saturated carbocycles. The maximum Gasteiger partial charge on any atom is 0.101 e. The molecule has 0 saturated heterocycles. The van der Waals surface area contributed by atoms with Gasteiger partial charge < -0.3 is 0 Å². The van der Waals surface area contributed by atoms with Crippen LogP contribution in [-0.2, 0) is 0 Å². The fourth-order valence-electron chi connectivity index (χ4n) is 2.75. The molecule has 0 fully saturated rings. The van der Waals surface area contributed by atoms with Gasteiger partial charge in [-0.25, -0.2) is 0 Å². The van der Waals surface area contributed by atoms with Gasteiger partial charge in [-0.15, -0.1) is 11.8 Å². The monoisotopic (exact) mass is 356 g/mol. The third kappa shape index (κ3) is 8.95. The molecule has 3 heteroatoms. The molecule has 0 aromatic heterocycles. The van der Waals surface area contributed by atoms with E-state index < -0.39 is 0 Å². The summed E-state index contributed by atoms with van der Waals surface area (Å²) in [5, 5.41) is 9.38. The van der Waals surface area contributed by atoms with E-state index in [1.165, 1.54) is 16.0 Å². The quantitative estimate of drug-likeness (QED) is 0.355. The molecule has 0 bridgehead atoms. The lowest BCUT2D eigenvalue weighted by Gasteiger charge is -2.24. The van der Waals surface area contributed by atoms with Crippen LogP contribution >= 0.6 is 11.8 Å². The standard InChI is InChI=1S/C22H32N2S/c1-5-24(6-2)21(18-23)17-20(4)12-10-11-19(3)15-16-25-22-13-8-7-9-14-22/h7-9,12-15,21H,5-6,10-11,16-17H2,1-4H3/b19-15+,20-12+. The Morgan fingerprint density at radius 3 is 2.40 bits per heavy atom. The SMILES string of the molecule is CCN(CC)C(C#N)C/C(C)=C/CC/C(C)=C/CSc1ccccc1. The van der Waals surface area contributed by atoms with Gasteiger partial charge >= 0.3 is 0 Å². The number of nitriles is 1. The Hall–Kier alpha value is -1.50. The largest absolute Gasteiger partial charge is 0.288 e. The zero-order valence-electron chi connectivity index (χ0n) is 16.2. The van der Waals surface area contributed by atoms with Crippen molar-refractivity contribution in [2.24, 2.45) is 0 Å². The molecule has 1 atom stereocenters. The molecule has 25 heavy (non-hydrogen) atoms. The van der Waals surface area contributed by atoms with Gasteiger partial charge in [-0.05, 0) is 58.3 Å². The summed E-state index contributed by atoms with van der Waals surface area (Å²) in [4.78, 5) is 3.55. The second-order valence-electron chi connectivity index (χ2n) is 6.33. The molecule has 0 radical (unpaired) electrons. The number of thioether (sulfide) groups is 1. The molecule has 1 rings (SSSR count). The number of allylic oxidation sites excluding steroid dienone is 2. The number of nitrogens with zero attached hydrogens (tertiary/aromatic N) is 2. The van der Waals surface area contributed by atoms with Gasteiger partial charge in [0.05, 0.1) is 6.07 Å². The first-order chi connectivity index (χ1) is 12.1. The molecule has 136 valence electrons. The Morgan fingerprint density at radius 2 is 1.80 bits per heavy atom. The van der Waals surface area contributed by atoms with Crippen LogP contribution < -0.4 is 0 Å². The number of benzene rings is 1. The van der Waals surface area contributed by atoms with Crippen LogP contribution in [0.5, 0.6) is 0 Å². The van der Waals surface area contributed by atoms with Crippen molar-refractivity contribution >= 4 is 11.8 Å². The third-order valence-electron chi connectivity index (χ3n) is 4.37. The molecule has 0 N–H and O–H groups in total. The van der Waals surface area contributed by atoms with E-state index in [-0.39, 0.29) is 6.04 Å². The van der Waals surface area contributed by atoms with Gasteiger partial charge in [0.25, 0.3) is 0 Å². The lowest BCUT2D eigenvalue weighted by molar-refractivity contribution is 0.257. The highest BCUT2D eigenvalue weighted by atomic mass is 32.2. The third-order valence-corrected chi connectivity index (χ3v) is 5.31. The van der Waals surface area contributed by atoms with Crippen LogP contribution in [0.25, 0.3) is 0 Å². The van der Waals surface area contributed by atoms with Gasteiger partial charge in [-0.3, -0.25) is 4.90 Å². The van der Waals surface area contributed by atoms with Crippen molar-refractivity contribution < 1.29 is 0 Å². The van der Waals surface area contributed by atoms with Crippen LogP contribution in [0.15, 0.2) is 58.5 Å². The van der Waals surface area contributed by atoms with E-state index in [0.717, 1.165) is 38.1 Å². The highest BCUT2D eigenvalue weighted by molar-refractivity contribution is 7.99. The molecule has 1 aromatic carbocycles. The molecule has 1 aromatic rings. The molecule has 0 aliphatic heterocycles. The highest BCUT2D eigenvalue weighted by Crippen LogP contribution is 2.19. The van der Waals surface area contributed by atoms with Gasteiger partial charge in [0.1, 0.15) is 6.04 Å². The Balaban J connectivity index is 2.36. The van der Waals surface area contributed by atoms with Crippen LogP contribution in [-0.4, -0.2) is 29.8 Å². The number of hydrogen-bond acceptors (Lipinski definition) is 3.